The third-order valence-electron chi connectivity index (χ3n) is 4.47. The number of carbonyl (C=O) groups excluding carboxylic acids is 2. The van der Waals surface area contributed by atoms with Crippen LogP contribution in [0, 0.1) is 5.92 Å². The molecule has 0 saturated carbocycles. The largest absolute Gasteiger partial charge is 0.496 e. The van der Waals surface area contributed by atoms with Gasteiger partial charge in [-0.3, -0.25) is 4.79 Å². The Morgan fingerprint density at radius 1 is 0.931 bits per heavy atom. The summed E-state index contributed by atoms with van der Waals surface area (Å²) in [6.07, 6.45) is 1.02. The minimum absolute atomic E-state index is 0.152. The highest BCUT2D eigenvalue weighted by Gasteiger charge is 2.21. The van der Waals surface area contributed by atoms with Crippen molar-refractivity contribution in [2.24, 2.45) is 5.92 Å². The summed E-state index contributed by atoms with van der Waals surface area (Å²) in [6, 6.07) is 12.9. The molecule has 1 amide bonds. The molecule has 0 aliphatic heterocycles. The van der Waals surface area contributed by atoms with Crippen LogP contribution in [-0.2, 0) is 16.0 Å². The number of hydrogen-bond acceptors (Lipinski definition) is 5. The lowest BCUT2D eigenvalue weighted by Crippen LogP contribution is -2.31. The van der Waals surface area contributed by atoms with E-state index in [0.717, 1.165) is 12.0 Å². The third kappa shape index (κ3) is 6.24. The molecule has 0 saturated heterocycles. The predicted molar refractivity (Wildman–Crippen MR) is 111 cm³/mol. The Kier molecular flexibility index (Phi) is 8.07. The van der Waals surface area contributed by atoms with Gasteiger partial charge in [-0.25, -0.2) is 4.79 Å². The summed E-state index contributed by atoms with van der Waals surface area (Å²) in [7, 11) is 2.90. The number of nitrogens with one attached hydrogen (secondary N) is 1. The molecule has 29 heavy (non-hydrogen) atoms. The van der Waals surface area contributed by atoms with Crippen molar-refractivity contribution in [1.82, 2.24) is 5.32 Å². The minimum atomic E-state index is -0.680. The zero-order valence-electron chi connectivity index (χ0n) is 17.7. The van der Waals surface area contributed by atoms with Crippen molar-refractivity contribution in [1.29, 1.82) is 0 Å². The maximum absolute atomic E-state index is 12.4. The van der Waals surface area contributed by atoms with E-state index in [1.165, 1.54) is 19.8 Å². The van der Waals surface area contributed by atoms with E-state index in [1.54, 1.807) is 18.2 Å². The zero-order chi connectivity index (χ0) is 21.4. The first-order valence-corrected chi connectivity index (χ1v) is 9.62. The van der Waals surface area contributed by atoms with Crippen LogP contribution in [0.15, 0.2) is 42.5 Å². The van der Waals surface area contributed by atoms with E-state index in [9.17, 15) is 9.59 Å². The van der Waals surface area contributed by atoms with Crippen LogP contribution < -0.4 is 14.8 Å². The van der Waals surface area contributed by atoms with Gasteiger partial charge in [0.1, 0.15) is 17.1 Å². The maximum atomic E-state index is 12.4. The van der Waals surface area contributed by atoms with Gasteiger partial charge in [0.15, 0.2) is 6.61 Å². The Morgan fingerprint density at radius 2 is 1.52 bits per heavy atom. The molecule has 0 fully saturated rings. The molecule has 0 spiro atoms. The van der Waals surface area contributed by atoms with E-state index in [0.29, 0.717) is 17.4 Å². The lowest BCUT2D eigenvalue weighted by molar-refractivity contribution is -0.124. The van der Waals surface area contributed by atoms with Crippen molar-refractivity contribution in [2.75, 3.05) is 20.8 Å². The van der Waals surface area contributed by atoms with Crippen molar-refractivity contribution in [3.8, 4) is 11.5 Å². The van der Waals surface area contributed by atoms with Crippen LogP contribution in [-0.4, -0.2) is 32.7 Å². The first-order valence-electron chi connectivity index (χ1n) is 9.62. The molecule has 0 aliphatic rings. The van der Waals surface area contributed by atoms with Gasteiger partial charge in [-0.05, 0) is 42.5 Å². The van der Waals surface area contributed by atoms with Crippen molar-refractivity contribution >= 4 is 11.9 Å². The molecule has 1 atom stereocenters. The van der Waals surface area contributed by atoms with Crippen LogP contribution in [0.5, 0.6) is 11.5 Å². The molecule has 6 nitrogen and oxygen atoms in total. The number of rotatable bonds is 9. The standard InChI is InChI=1S/C23H29NO5/c1-15(2)13-17-9-11-18(12-10-17)16(3)24-21(25)14-29-23(26)22-19(27-4)7-6-8-20(22)28-5/h6-12,15-16H,13-14H2,1-5H3,(H,24,25)/t16-/m1/s1. The summed E-state index contributed by atoms with van der Waals surface area (Å²) in [6.45, 7) is 5.85. The summed E-state index contributed by atoms with van der Waals surface area (Å²) in [5, 5.41) is 2.84. The van der Waals surface area contributed by atoms with Crippen molar-refractivity contribution < 1.29 is 23.8 Å². The van der Waals surface area contributed by atoms with Gasteiger partial charge >= 0.3 is 5.97 Å². The third-order valence-corrected chi connectivity index (χ3v) is 4.47. The fourth-order valence-electron chi connectivity index (χ4n) is 3.04. The van der Waals surface area contributed by atoms with Gasteiger partial charge in [0, 0.05) is 0 Å². The summed E-state index contributed by atoms with van der Waals surface area (Å²) < 4.78 is 15.5. The highest BCUT2D eigenvalue weighted by Crippen LogP contribution is 2.28. The van der Waals surface area contributed by atoms with Gasteiger partial charge in [0.25, 0.3) is 5.91 Å². The second-order valence-electron chi connectivity index (χ2n) is 7.24. The van der Waals surface area contributed by atoms with Crippen LogP contribution in [0.25, 0.3) is 0 Å². The molecule has 0 heterocycles. The fraction of sp³-hybridized carbons (Fsp3) is 0.391. The van der Waals surface area contributed by atoms with Crippen LogP contribution >= 0.6 is 0 Å². The van der Waals surface area contributed by atoms with E-state index in [-0.39, 0.29) is 17.5 Å². The second-order valence-corrected chi connectivity index (χ2v) is 7.24. The molecule has 2 rings (SSSR count). The monoisotopic (exact) mass is 399 g/mol. The maximum Gasteiger partial charge on any atom is 0.346 e. The van der Waals surface area contributed by atoms with Gasteiger partial charge in [-0.2, -0.15) is 0 Å². The number of carbonyl (C=O) groups is 2. The Bertz CT molecular complexity index is 807. The number of benzene rings is 2. The van der Waals surface area contributed by atoms with Gasteiger partial charge in [-0.1, -0.05) is 44.2 Å². The van der Waals surface area contributed by atoms with E-state index < -0.39 is 12.6 Å². The van der Waals surface area contributed by atoms with Crippen LogP contribution in [0.1, 0.15) is 48.3 Å². The predicted octanol–water partition coefficient (Wildman–Crippen LogP) is 3.94. The van der Waals surface area contributed by atoms with E-state index in [1.807, 2.05) is 19.1 Å². The average Bonchev–Trinajstić information content (AvgIpc) is 2.71. The molecular weight excluding hydrogens is 370 g/mol. The summed E-state index contributed by atoms with van der Waals surface area (Å²) in [4.78, 5) is 24.7. The number of amides is 1. The fourth-order valence-corrected chi connectivity index (χ4v) is 3.04. The average molecular weight is 399 g/mol. The van der Waals surface area contributed by atoms with E-state index in [4.69, 9.17) is 14.2 Å². The quantitative estimate of drug-likeness (QED) is 0.647. The van der Waals surface area contributed by atoms with Crippen LogP contribution in [0.2, 0.25) is 0 Å². The van der Waals surface area contributed by atoms with Crippen molar-refractivity contribution in [3.63, 3.8) is 0 Å². The summed E-state index contributed by atoms with van der Waals surface area (Å²) in [5.74, 6) is 0.176. The normalized spacial score (nSPS) is 11.7. The molecule has 0 aromatic heterocycles. The highest BCUT2D eigenvalue weighted by molar-refractivity contribution is 5.96. The molecule has 2 aromatic rings. The second kappa shape index (κ2) is 10.5. The molecule has 0 radical (unpaired) electrons. The van der Waals surface area contributed by atoms with Gasteiger partial charge in [-0.15, -0.1) is 0 Å². The number of ether oxygens (including phenoxy) is 3. The lowest BCUT2D eigenvalue weighted by atomic mass is 10.00. The lowest BCUT2D eigenvalue weighted by Gasteiger charge is -2.16. The Morgan fingerprint density at radius 3 is 2.03 bits per heavy atom. The first kappa shape index (κ1) is 22.3. The topological polar surface area (TPSA) is 73.9 Å². The number of hydrogen-bond donors (Lipinski definition) is 1. The first-order chi connectivity index (χ1) is 13.8. The minimum Gasteiger partial charge on any atom is -0.496 e. The van der Waals surface area contributed by atoms with Crippen molar-refractivity contribution in [3.05, 3.63) is 59.2 Å². The summed E-state index contributed by atoms with van der Waals surface area (Å²) in [5.41, 5.74) is 2.41. The number of methoxy groups -OCH3 is 2. The van der Waals surface area contributed by atoms with Gasteiger partial charge in [0.05, 0.1) is 20.3 Å². The molecular formula is C23H29NO5. The van der Waals surface area contributed by atoms with Crippen LogP contribution in [0.3, 0.4) is 0 Å². The van der Waals surface area contributed by atoms with E-state index in [2.05, 4.69) is 31.3 Å². The summed E-state index contributed by atoms with van der Waals surface area (Å²) >= 11 is 0. The molecule has 156 valence electrons. The van der Waals surface area contributed by atoms with Gasteiger partial charge < -0.3 is 19.5 Å². The molecule has 0 bridgehead atoms. The van der Waals surface area contributed by atoms with Gasteiger partial charge in [0.2, 0.25) is 0 Å². The number of esters is 1. The van der Waals surface area contributed by atoms with Crippen LogP contribution in [0.4, 0.5) is 0 Å². The molecule has 6 heteroatoms. The smallest absolute Gasteiger partial charge is 0.346 e. The SMILES string of the molecule is COc1cccc(OC)c1C(=O)OCC(=O)N[C@H](C)c1ccc(CC(C)C)cc1. The molecule has 0 aliphatic carbocycles. The molecule has 1 N–H and O–H groups in total. The Hall–Kier alpha value is -3.02. The Labute approximate surface area is 172 Å². The van der Waals surface area contributed by atoms with Crippen molar-refractivity contribution in [2.45, 2.75) is 33.2 Å². The van der Waals surface area contributed by atoms with E-state index >= 15 is 0 Å². The Balaban J connectivity index is 1.93. The zero-order valence-corrected chi connectivity index (χ0v) is 17.7. The highest BCUT2D eigenvalue weighted by atomic mass is 16.5. The molecule has 2 aromatic carbocycles. The molecule has 0 unspecified atom stereocenters.